The van der Waals surface area contributed by atoms with E-state index >= 15 is 0 Å². The van der Waals surface area contributed by atoms with Gasteiger partial charge in [-0.05, 0) is 34.1 Å². The van der Waals surface area contributed by atoms with Gasteiger partial charge in [0.15, 0.2) is 0 Å². The minimum Gasteiger partial charge on any atom is -0.507 e. The lowest BCUT2D eigenvalue weighted by molar-refractivity contribution is 0.423. The van der Waals surface area contributed by atoms with E-state index in [0.717, 1.165) is 16.7 Å². The van der Waals surface area contributed by atoms with Crippen molar-refractivity contribution in [1.82, 2.24) is 5.43 Å². The summed E-state index contributed by atoms with van der Waals surface area (Å²) in [6.07, 6.45) is 1.83. The van der Waals surface area contributed by atoms with Crippen LogP contribution in [0.1, 0.15) is 63.8 Å². The molecule has 0 aromatic heterocycles. The smallest absolute Gasteiger partial charge is 0.123 e. The first-order valence-electron chi connectivity index (χ1n) is 8.77. The van der Waals surface area contributed by atoms with Gasteiger partial charge in [0.25, 0.3) is 0 Å². The number of rotatable bonds is 4. The Kier molecular flexibility index (Phi) is 5.56. The van der Waals surface area contributed by atoms with Crippen LogP contribution in [0, 0.1) is 0 Å². The zero-order valence-corrected chi connectivity index (χ0v) is 16.2. The molecule has 0 amide bonds. The van der Waals surface area contributed by atoms with Gasteiger partial charge in [0, 0.05) is 11.1 Å². The van der Waals surface area contributed by atoms with Crippen molar-refractivity contribution < 1.29 is 5.11 Å². The zero-order chi connectivity index (χ0) is 18.7. The van der Waals surface area contributed by atoms with Crippen molar-refractivity contribution in [2.24, 2.45) is 5.10 Å². The SMILES string of the molecule is CC(C)(C)c1cc(C=NNCc2ccccc2)cc(C(C)(C)C)c1O. The summed E-state index contributed by atoms with van der Waals surface area (Å²) in [5.41, 5.74) is 6.90. The summed E-state index contributed by atoms with van der Waals surface area (Å²) in [5.74, 6) is 0.398. The van der Waals surface area contributed by atoms with Crippen LogP contribution in [0.2, 0.25) is 0 Å². The molecule has 0 fully saturated rings. The van der Waals surface area contributed by atoms with Gasteiger partial charge in [-0.1, -0.05) is 71.9 Å². The van der Waals surface area contributed by atoms with Crippen LogP contribution in [0.4, 0.5) is 0 Å². The third-order valence-corrected chi connectivity index (χ3v) is 4.18. The maximum absolute atomic E-state index is 10.7. The highest BCUT2D eigenvalue weighted by atomic mass is 16.3. The van der Waals surface area contributed by atoms with Crippen LogP contribution < -0.4 is 5.43 Å². The molecule has 2 aromatic carbocycles. The molecule has 0 bridgehead atoms. The van der Waals surface area contributed by atoms with Gasteiger partial charge >= 0.3 is 0 Å². The Labute approximate surface area is 151 Å². The van der Waals surface area contributed by atoms with Crippen LogP contribution in [0.5, 0.6) is 5.75 Å². The molecule has 0 saturated heterocycles. The second kappa shape index (κ2) is 7.30. The van der Waals surface area contributed by atoms with Crippen molar-refractivity contribution in [1.29, 1.82) is 0 Å². The summed E-state index contributed by atoms with van der Waals surface area (Å²) in [6, 6.07) is 14.2. The third-order valence-electron chi connectivity index (χ3n) is 4.18. The second-order valence-corrected chi connectivity index (χ2v) is 8.54. The lowest BCUT2D eigenvalue weighted by atomic mass is 9.78. The minimum atomic E-state index is -0.134. The van der Waals surface area contributed by atoms with Crippen LogP contribution in [0.3, 0.4) is 0 Å². The van der Waals surface area contributed by atoms with E-state index in [0.29, 0.717) is 12.3 Å². The standard InChI is InChI=1S/C22H30N2O/c1-21(2,3)18-12-17(13-19(20(18)25)22(4,5)6)15-24-23-14-16-10-8-7-9-11-16/h7-13,15,23,25H,14H2,1-6H3. The fourth-order valence-electron chi connectivity index (χ4n) is 2.73. The highest BCUT2D eigenvalue weighted by Crippen LogP contribution is 2.39. The molecule has 0 spiro atoms. The van der Waals surface area contributed by atoms with Gasteiger partial charge < -0.3 is 10.5 Å². The van der Waals surface area contributed by atoms with Gasteiger partial charge in [-0.2, -0.15) is 5.10 Å². The Bertz CT molecular complexity index is 700. The predicted molar refractivity (Wildman–Crippen MR) is 106 cm³/mol. The molecule has 2 rings (SSSR count). The molecule has 0 unspecified atom stereocenters. The lowest BCUT2D eigenvalue weighted by Crippen LogP contribution is -2.18. The summed E-state index contributed by atoms with van der Waals surface area (Å²) >= 11 is 0. The van der Waals surface area contributed by atoms with Gasteiger partial charge in [0.1, 0.15) is 5.75 Å². The molecule has 2 N–H and O–H groups in total. The Balaban J connectivity index is 2.26. The quantitative estimate of drug-likeness (QED) is 0.601. The summed E-state index contributed by atoms with van der Waals surface area (Å²) in [4.78, 5) is 0. The fourth-order valence-corrected chi connectivity index (χ4v) is 2.73. The summed E-state index contributed by atoms with van der Waals surface area (Å²) < 4.78 is 0. The van der Waals surface area contributed by atoms with Gasteiger partial charge in [0.2, 0.25) is 0 Å². The Morgan fingerprint density at radius 1 is 0.920 bits per heavy atom. The summed E-state index contributed by atoms with van der Waals surface area (Å²) in [6.45, 7) is 13.4. The van der Waals surface area contributed by atoms with Crippen LogP contribution >= 0.6 is 0 Å². The minimum absolute atomic E-state index is 0.134. The molecule has 0 aliphatic carbocycles. The molecule has 2 aromatic rings. The Morgan fingerprint density at radius 2 is 1.44 bits per heavy atom. The average molecular weight is 338 g/mol. The van der Waals surface area contributed by atoms with E-state index in [1.165, 1.54) is 5.56 Å². The van der Waals surface area contributed by atoms with E-state index in [1.54, 1.807) is 0 Å². The van der Waals surface area contributed by atoms with E-state index in [1.807, 2.05) is 36.5 Å². The molecule has 0 heterocycles. The van der Waals surface area contributed by atoms with Crippen molar-refractivity contribution in [3.63, 3.8) is 0 Å². The molecule has 3 nitrogen and oxygen atoms in total. The molecular weight excluding hydrogens is 308 g/mol. The van der Waals surface area contributed by atoms with Crippen LogP contribution in [-0.2, 0) is 17.4 Å². The van der Waals surface area contributed by atoms with Crippen LogP contribution in [-0.4, -0.2) is 11.3 Å². The molecule has 0 radical (unpaired) electrons. The number of phenols is 1. The molecule has 25 heavy (non-hydrogen) atoms. The first kappa shape index (κ1) is 19.0. The molecule has 0 aliphatic rings. The number of benzene rings is 2. The number of aromatic hydroxyl groups is 1. The third kappa shape index (κ3) is 5.09. The molecule has 3 heteroatoms. The Hall–Kier alpha value is -2.29. The van der Waals surface area contributed by atoms with Gasteiger partial charge in [-0.25, -0.2) is 0 Å². The highest BCUT2D eigenvalue weighted by molar-refractivity contribution is 5.81. The fraction of sp³-hybridized carbons (Fsp3) is 0.409. The largest absolute Gasteiger partial charge is 0.507 e. The Morgan fingerprint density at radius 3 is 1.92 bits per heavy atom. The summed E-state index contributed by atoms with van der Waals surface area (Å²) in [5, 5.41) is 15.1. The van der Waals surface area contributed by atoms with Gasteiger partial charge in [0.05, 0.1) is 12.8 Å². The maximum Gasteiger partial charge on any atom is 0.123 e. The van der Waals surface area contributed by atoms with E-state index in [4.69, 9.17) is 0 Å². The summed E-state index contributed by atoms with van der Waals surface area (Å²) in [7, 11) is 0. The van der Waals surface area contributed by atoms with Crippen LogP contribution in [0.15, 0.2) is 47.6 Å². The van der Waals surface area contributed by atoms with E-state index in [9.17, 15) is 5.11 Å². The van der Waals surface area contributed by atoms with Crippen molar-refractivity contribution in [2.75, 3.05) is 0 Å². The van der Waals surface area contributed by atoms with Gasteiger partial charge in [-0.15, -0.1) is 0 Å². The number of phenolic OH excluding ortho intramolecular Hbond substituents is 1. The molecule has 0 saturated carbocycles. The maximum atomic E-state index is 10.7. The first-order chi connectivity index (χ1) is 11.6. The predicted octanol–water partition coefficient (Wildman–Crippen LogP) is 5.11. The monoisotopic (exact) mass is 338 g/mol. The lowest BCUT2D eigenvalue weighted by Gasteiger charge is -2.27. The molecular formula is C22H30N2O. The number of hydrogen-bond acceptors (Lipinski definition) is 3. The van der Waals surface area contributed by atoms with Crippen LogP contribution in [0.25, 0.3) is 0 Å². The second-order valence-electron chi connectivity index (χ2n) is 8.54. The first-order valence-corrected chi connectivity index (χ1v) is 8.77. The topological polar surface area (TPSA) is 44.6 Å². The van der Waals surface area contributed by atoms with Crippen molar-refractivity contribution in [3.05, 3.63) is 64.7 Å². The number of hydrogen-bond donors (Lipinski definition) is 2. The molecule has 0 aliphatic heterocycles. The van der Waals surface area contributed by atoms with Crippen molar-refractivity contribution in [3.8, 4) is 5.75 Å². The number of nitrogens with zero attached hydrogens (tertiary/aromatic N) is 1. The highest BCUT2D eigenvalue weighted by Gasteiger charge is 2.26. The number of hydrazone groups is 1. The van der Waals surface area contributed by atoms with E-state index in [-0.39, 0.29) is 10.8 Å². The number of nitrogens with one attached hydrogen (secondary N) is 1. The zero-order valence-electron chi connectivity index (χ0n) is 16.2. The van der Waals surface area contributed by atoms with Crippen molar-refractivity contribution >= 4 is 6.21 Å². The molecule has 134 valence electrons. The normalized spacial score (nSPS) is 12.6. The van der Waals surface area contributed by atoms with Gasteiger partial charge in [-0.3, -0.25) is 0 Å². The van der Waals surface area contributed by atoms with Crippen molar-refractivity contribution in [2.45, 2.75) is 58.9 Å². The van der Waals surface area contributed by atoms with E-state index in [2.05, 4.69) is 64.2 Å². The average Bonchev–Trinajstić information content (AvgIpc) is 2.51. The van der Waals surface area contributed by atoms with E-state index < -0.39 is 0 Å². The molecule has 0 atom stereocenters.